The fourth-order valence-corrected chi connectivity index (χ4v) is 2.38. The lowest BCUT2D eigenvalue weighted by atomic mass is 10.0. The molecule has 20 heavy (non-hydrogen) atoms. The largest absolute Gasteiger partial charge is 0.409 e. The van der Waals surface area contributed by atoms with Gasteiger partial charge in [0.1, 0.15) is 0 Å². The van der Waals surface area contributed by atoms with Crippen molar-refractivity contribution in [2.24, 2.45) is 16.8 Å². The van der Waals surface area contributed by atoms with Crippen molar-refractivity contribution < 1.29 is 10.0 Å². The summed E-state index contributed by atoms with van der Waals surface area (Å²) in [6, 6.07) is 5.68. The summed E-state index contributed by atoms with van der Waals surface area (Å²) >= 11 is 3.41. The number of oxime groups is 1. The maximum Gasteiger partial charge on any atom is 0.235 e. The first-order valence-corrected chi connectivity index (χ1v) is 7.39. The lowest BCUT2D eigenvalue weighted by Gasteiger charge is -2.16. The number of halogens is 1. The highest BCUT2D eigenvalue weighted by Crippen LogP contribution is 2.22. The third-order valence-electron chi connectivity index (χ3n) is 3.07. The topological polar surface area (TPSA) is 87.7 Å². The summed E-state index contributed by atoms with van der Waals surface area (Å²) in [5, 5.41) is 14.6. The molecular weight excluding hydrogens is 322 g/mol. The van der Waals surface area contributed by atoms with Gasteiger partial charge in [-0.1, -0.05) is 41.4 Å². The lowest BCUT2D eigenvalue weighted by molar-refractivity contribution is -0.118. The molecule has 6 heteroatoms. The van der Waals surface area contributed by atoms with E-state index in [0.717, 1.165) is 28.6 Å². The number of hydrogen-bond acceptors (Lipinski definition) is 3. The van der Waals surface area contributed by atoms with Crippen LogP contribution in [0.4, 0.5) is 5.69 Å². The number of aryl methyl sites for hydroxylation is 1. The Hall–Kier alpha value is -1.56. The van der Waals surface area contributed by atoms with Gasteiger partial charge in [0, 0.05) is 10.2 Å². The Kier molecular flexibility index (Phi) is 6.51. The first-order valence-electron chi connectivity index (χ1n) is 6.60. The minimum atomic E-state index is -0.613. The van der Waals surface area contributed by atoms with E-state index in [9.17, 15) is 4.79 Å². The molecule has 1 unspecified atom stereocenters. The Labute approximate surface area is 127 Å². The van der Waals surface area contributed by atoms with Gasteiger partial charge in [0.25, 0.3) is 0 Å². The zero-order chi connectivity index (χ0) is 15.1. The van der Waals surface area contributed by atoms with Gasteiger partial charge in [0.15, 0.2) is 5.84 Å². The first kappa shape index (κ1) is 16.5. The van der Waals surface area contributed by atoms with E-state index in [0.29, 0.717) is 6.42 Å². The second-order valence-corrected chi connectivity index (χ2v) is 5.43. The fraction of sp³-hybridized carbons (Fsp3) is 0.429. The summed E-state index contributed by atoms with van der Waals surface area (Å²) in [7, 11) is 0. The van der Waals surface area contributed by atoms with Crippen LogP contribution in [0.1, 0.15) is 32.3 Å². The van der Waals surface area contributed by atoms with Gasteiger partial charge in [0.05, 0.1) is 5.92 Å². The minimum absolute atomic E-state index is 0.0560. The average Bonchev–Trinajstić information content (AvgIpc) is 2.45. The summed E-state index contributed by atoms with van der Waals surface area (Å²) in [5.74, 6) is -0.919. The smallest absolute Gasteiger partial charge is 0.235 e. The van der Waals surface area contributed by atoms with Gasteiger partial charge in [-0.25, -0.2) is 0 Å². The highest BCUT2D eigenvalue weighted by atomic mass is 79.9. The molecule has 0 aliphatic carbocycles. The van der Waals surface area contributed by atoms with Crippen LogP contribution in [0.15, 0.2) is 27.8 Å². The van der Waals surface area contributed by atoms with Crippen molar-refractivity contribution in [3.8, 4) is 0 Å². The quantitative estimate of drug-likeness (QED) is 0.321. The van der Waals surface area contributed by atoms with Gasteiger partial charge in [-0.05, 0) is 36.6 Å². The number of nitrogens with two attached hydrogens (primary N) is 1. The monoisotopic (exact) mass is 341 g/mol. The van der Waals surface area contributed by atoms with Crippen molar-refractivity contribution in [3.05, 3.63) is 28.2 Å². The highest BCUT2D eigenvalue weighted by molar-refractivity contribution is 9.10. The zero-order valence-corrected chi connectivity index (χ0v) is 13.3. The Morgan fingerprint density at radius 1 is 1.50 bits per heavy atom. The van der Waals surface area contributed by atoms with E-state index in [-0.39, 0.29) is 11.7 Å². The molecular formula is C14H20BrN3O2. The van der Waals surface area contributed by atoms with Crippen LogP contribution in [-0.4, -0.2) is 17.0 Å². The molecule has 0 bridgehead atoms. The van der Waals surface area contributed by atoms with Gasteiger partial charge in [-0.15, -0.1) is 0 Å². The summed E-state index contributed by atoms with van der Waals surface area (Å²) in [6.07, 6.45) is 2.12. The number of nitrogens with one attached hydrogen (secondary N) is 1. The van der Waals surface area contributed by atoms with E-state index >= 15 is 0 Å². The van der Waals surface area contributed by atoms with Crippen LogP contribution < -0.4 is 11.1 Å². The number of amides is 1. The predicted octanol–water partition coefficient (Wildman–Crippen LogP) is 3.11. The molecule has 0 aliphatic rings. The van der Waals surface area contributed by atoms with Gasteiger partial charge in [0.2, 0.25) is 5.91 Å². The second kappa shape index (κ2) is 7.89. The molecule has 0 aromatic heterocycles. The van der Waals surface area contributed by atoms with Crippen LogP contribution in [0.5, 0.6) is 0 Å². The van der Waals surface area contributed by atoms with Crippen LogP contribution in [0.25, 0.3) is 0 Å². The Bertz CT molecular complexity index is 503. The molecule has 1 rings (SSSR count). The first-order chi connectivity index (χ1) is 9.53. The maximum atomic E-state index is 12.3. The number of carbonyl (C=O) groups excluding carboxylic acids is 1. The number of amidine groups is 1. The van der Waals surface area contributed by atoms with Crippen LogP contribution in [-0.2, 0) is 11.2 Å². The molecule has 0 spiro atoms. The number of rotatable bonds is 6. The molecule has 0 heterocycles. The highest BCUT2D eigenvalue weighted by Gasteiger charge is 2.22. The van der Waals surface area contributed by atoms with Crippen molar-refractivity contribution in [2.75, 3.05) is 5.32 Å². The fourth-order valence-electron chi connectivity index (χ4n) is 1.97. The molecule has 0 aliphatic heterocycles. The molecule has 0 radical (unpaired) electrons. The molecule has 1 aromatic carbocycles. The number of anilines is 1. The predicted molar refractivity (Wildman–Crippen MR) is 84.0 cm³/mol. The zero-order valence-electron chi connectivity index (χ0n) is 11.7. The lowest BCUT2D eigenvalue weighted by Crippen LogP contribution is -2.34. The van der Waals surface area contributed by atoms with E-state index in [2.05, 4.69) is 26.4 Å². The van der Waals surface area contributed by atoms with Crippen LogP contribution in [0, 0.1) is 5.92 Å². The van der Waals surface area contributed by atoms with Crippen LogP contribution in [0.3, 0.4) is 0 Å². The SMILES string of the molecule is CCCC(C(=O)Nc1ccc(Br)cc1CC)/C(N)=N/O. The summed E-state index contributed by atoms with van der Waals surface area (Å²) < 4.78 is 0.967. The number of nitrogens with zero attached hydrogens (tertiary/aromatic N) is 1. The van der Waals surface area contributed by atoms with Gasteiger partial charge >= 0.3 is 0 Å². The Morgan fingerprint density at radius 3 is 2.75 bits per heavy atom. The molecule has 110 valence electrons. The van der Waals surface area contributed by atoms with Gasteiger partial charge in [-0.3, -0.25) is 4.79 Å². The van der Waals surface area contributed by atoms with Gasteiger partial charge in [-0.2, -0.15) is 0 Å². The molecule has 1 amide bonds. The summed E-state index contributed by atoms with van der Waals surface area (Å²) in [6.45, 7) is 3.96. The molecule has 0 fully saturated rings. The minimum Gasteiger partial charge on any atom is -0.409 e. The van der Waals surface area contributed by atoms with Crippen LogP contribution >= 0.6 is 15.9 Å². The molecule has 1 atom stereocenters. The van der Waals surface area contributed by atoms with E-state index in [4.69, 9.17) is 10.9 Å². The molecule has 0 saturated heterocycles. The standard InChI is InChI=1S/C14H20BrN3O2/c1-3-5-11(13(16)18-20)14(19)17-12-7-6-10(15)8-9(12)4-2/h6-8,11,20H,3-5H2,1-2H3,(H2,16,18)(H,17,19). The van der Waals surface area contributed by atoms with Gasteiger partial charge < -0.3 is 16.3 Å². The molecule has 1 aromatic rings. The van der Waals surface area contributed by atoms with Crippen molar-refractivity contribution in [1.29, 1.82) is 0 Å². The maximum absolute atomic E-state index is 12.3. The molecule has 5 nitrogen and oxygen atoms in total. The van der Waals surface area contributed by atoms with E-state index in [1.54, 1.807) is 0 Å². The average molecular weight is 342 g/mol. The number of hydrogen-bond donors (Lipinski definition) is 3. The third-order valence-corrected chi connectivity index (χ3v) is 3.57. The molecule has 4 N–H and O–H groups in total. The van der Waals surface area contributed by atoms with Crippen molar-refractivity contribution in [1.82, 2.24) is 0 Å². The third kappa shape index (κ3) is 4.23. The summed E-state index contributed by atoms with van der Waals surface area (Å²) in [5.41, 5.74) is 7.37. The Balaban J connectivity index is 2.93. The second-order valence-electron chi connectivity index (χ2n) is 4.51. The van der Waals surface area contributed by atoms with E-state index in [1.807, 2.05) is 32.0 Å². The van der Waals surface area contributed by atoms with Crippen molar-refractivity contribution in [2.45, 2.75) is 33.1 Å². The number of benzene rings is 1. The summed E-state index contributed by atoms with van der Waals surface area (Å²) in [4.78, 5) is 12.3. The normalized spacial score (nSPS) is 13.1. The van der Waals surface area contributed by atoms with E-state index in [1.165, 1.54) is 0 Å². The van der Waals surface area contributed by atoms with E-state index < -0.39 is 5.92 Å². The number of carbonyl (C=O) groups is 1. The Morgan fingerprint density at radius 2 is 2.20 bits per heavy atom. The van der Waals surface area contributed by atoms with Crippen LogP contribution in [0.2, 0.25) is 0 Å². The van der Waals surface area contributed by atoms with Crippen molar-refractivity contribution in [3.63, 3.8) is 0 Å². The van der Waals surface area contributed by atoms with Crippen molar-refractivity contribution >= 4 is 33.4 Å². The molecule has 0 saturated carbocycles.